The molecule has 0 atom stereocenters. The number of amides is 3. The Labute approximate surface area is 534 Å². The molecule has 0 saturated carbocycles. The molecule has 90 heavy (non-hydrogen) atoms. The van der Waals surface area contributed by atoms with Crippen LogP contribution in [0.4, 0.5) is 39.0 Å². The van der Waals surface area contributed by atoms with Crippen molar-refractivity contribution in [3.63, 3.8) is 0 Å². The largest absolute Gasteiger partial charge is 0.497 e. The zero-order chi connectivity index (χ0) is 65.1. The lowest BCUT2D eigenvalue weighted by atomic mass is 10.1. The van der Waals surface area contributed by atoms with Gasteiger partial charge in [0, 0.05) is 53.7 Å². The molecule has 0 aliphatic carbocycles. The zero-order valence-corrected chi connectivity index (χ0v) is 52.8. The Morgan fingerprint density at radius 2 is 0.689 bits per heavy atom. The fourth-order valence-corrected chi connectivity index (χ4v) is 9.23. The summed E-state index contributed by atoms with van der Waals surface area (Å²) in [6, 6.07) is 55.5. The molecule has 9 aromatic rings. The number of anilines is 3. The highest BCUT2D eigenvalue weighted by Gasteiger charge is 2.24. The van der Waals surface area contributed by atoms with Crippen LogP contribution in [0.2, 0.25) is 0 Å². The van der Waals surface area contributed by atoms with Crippen LogP contribution in [0.15, 0.2) is 200 Å². The van der Waals surface area contributed by atoms with E-state index >= 15 is 0 Å². The van der Waals surface area contributed by atoms with E-state index in [2.05, 4.69) is 22.6 Å². The standard InChI is InChI=1S/C24H23F2NO4.C23H22FNO4.C22H19FINO3.CH3F/c1-17(28)27(16-18-14-21(29-2)9-11-23(18)30-13-12-25)22-15-19(26)8-10-24(22)31-20-6-4-3-5-7-20;1-16(26)25(15-17-13-20(27-2)10-12-22(17)28-3)21-14-18(24)9-11-23(21)29-19-7-5-4-6-8-19;1-15(26)25(14-16-12-19(27-2)9-10-20(16)24)21-13-17(23)8-11-22(21)28-18-6-4-3-5-7-18;1-2/h3-11,14-15H,12-13,16H2,1-2H3;4-14H,15H2,1-3H3;3-13H,14H2,1-2H3;1H3/i25-1;3-1;24-4;2-1. The van der Waals surface area contributed by atoms with Crippen molar-refractivity contribution in [1.82, 2.24) is 0 Å². The summed E-state index contributed by atoms with van der Waals surface area (Å²) in [5.74, 6) is 3.47. The second-order valence-corrected chi connectivity index (χ2v) is 20.2. The predicted molar refractivity (Wildman–Crippen MR) is 346 cm³/mol. The molecule has 20 heteroatoms. The van der Waals surface area contributed by atoms with Crippen LogP contribution in [0.25, 0.3) is 0 Å². The lowest BCUT2D eigenvalue weighted by Crippen LogP contribution is -2.28. The second kappa shape index (κ2) is 35.2. The summed E-state index contributed by atoms with van der Waals surface area (Å²) >= 11 is 2.20. The van der Waals surface area contributed by atoms with E-state index in [1.165, 1.54) is 97.2 Å². The SMILES string of the molecule is COc1ccc(OCC[18F])c(CN(C(C)=O)c2cc(F)ccc2Oc2ccccc2)c1.COc1ccc(O[11CH3])c(CN(C(C)=O)c2cc(F)ccc2Oc2ccccc2)c1.COc1ccc([123I])c(CN(C(C)=O)c2cc(F)ccc2Oc2ccccc2)c1.C[18F]. The molecule has 3 amide bonds. The molecule has 0 unspecified atom stereocenters. The molecule has 0 N–H and O–H groups in total. The maximum atomic E-state index is 14.1. The molecule has 0 bridgehead atoms. The second-order valence-electron chi connectivity index (χ2n) is 19.0. The van der Waals surface area contributed by atoms with Gasteiger partial charge in [-0.3, -0.25) is 18.8 Å². The zero-order valence-electron chi connectivity index (χ0n) is 50.7. The number of ether oxygens (including phenoxy) is 8. The Morgan fingerprint density at radius 3 is 1.02 bits per heavy atom. The predicted octanol–water partition coefficient (Wildman–Crippen LogP) is 17.1. The van der Waals surface area contributed by atoms with Crippen molar-refractivity contribution in [1.29, 1.82) is 0 Å². The van der Waals surface area contributed by atoms with E-state index in [1.54, 1.807) is 94.1 Å². The fourth-order valence-electron chi connectivity index (χ4n) is 8.72. The summed E-state index contributed by atoms with van der Waals surface area (Å²) < 4.78 is 110. The third-order valence-electron chi connectivity index (χ3n) is 13.0. The van der Waals surface area contributed by atoms with Gasteiger partial charge in [-0.05, 0) is 156 Å². The van der Waals surface area contributed by atoms with Crippen molar-refractivity contribution in [3.05, 3.63) is 238 Å². The van der Waals surface area contributed by atoms with Gasteiger partial charge in [0.2, 0.25) is 17.7 Å². The average Bonchev–Trinajstić information content (AvgIpc) is 1.72. The number of rotatable bonds is 22. The van der Waals surface area contributed by atoms with Crippen molar-refractivity contribution in [2.24, 2.45) is 0 Å². The van der Waals surface area contributed by atoms with Gasteiger partial charge in [-0.2, -0.15) is 0 Å². The van der Waals surface area contributed by atoms with Crippen LogP contribution in [0.3, 0.4) is 0 Å². The van der Waals surface area contributed by atoms with Gasteiger partial charge in [-0.1, -0.05) is 54.6 Å². The Balaban J connectivity index is 0.000000212. The molecule has 0 aromatic heterocycles. The highest BCUT2D eigenvalue weighted by molar-refractivity contribution is 14.1. The topological polar surface area (TPSA) is 135 Å². The van der Waals surface area contributed by atoms with Crippen LogP contribution in [0.1, 0.15) is 37.5 Å². The minimum absolute atomic E-state index is 0.0444. The van der Waals surface area contributed by atoms with Crippen molar-refractivity contribution in [3.8, 4) is 63.2 Å². The van der Waals surface area contributed by atoms with Crippen LogP contribution < -0.4 is 52.6 Å². The summed E-state index contributed by atoms with van der Waals surface area (Å²) in [6.45, 7) is 3.93. The first-order valence-corrected chi connectivity index (χ1v) is 28.8. The van der Waals surface area contributed by atoms with E-state index < -0.39 is 24.1 Å². The van der Waals surface area contributed by atoms with Gasteiger partial charge in [0.1, 0.15) is 76.7 Å². The molecular weight excluding hydrogens is 1270 g/mol. The van der Waals surface area contributed by atoms with E-state index in [-0.39, 0.29) is 49.7 Å². The fraction of sp³-hybridized carbons (Fsp3) is 0.186. The number of benzene rings is 9. The molecule has 470 valence electrons. The highest BCUT2D eigenvalue weighted by atomic mass is 123. The number of alkyl halides is 2. The van der Waals surface area contributed by atoms with Gasteiger partial charge in [-0.15, -0.1) is 0 Å². The van der Waals surface area contributed by atoms with E-state index in [0.717, 1.165) is 14.7 Å². The first kappa shape index (κ1) is 69.3. The number of carbonyl (C=O) groups is 3. The molecule has 0 saturated heterocycles. The molecule has 0 spiro atoms. The number of methoxy groups -OCH3 is 4. The van der Waals surface area contributed by atoms with Crippen molar-refractivity contribution in [2.75, 3.05) is 63.6 Å². The lowest BCUT2D eigenvalue weighted by molar-refractivity contribution is -0.117. The van der Waals surface area contributed by atoms with Gasteiger partial charge in [0.15, 0.2) is 17.2 Å². The average molecular weight is 1340 g/mol. The van der Waals surface area contributed by atoms with Gasteiger partial charge in [0.05, 0.1) is 72.3 Å². The van der Waals surface area contributed by atoms with Gasteiger partial charge < -0.3 is 52.6 Å². The molecule has 0 aliphatic rings. The van der Waals surface area contributed by atoms with E-state index in [0.29, 0.717) is 87.4 Å². The number of carbonyl (C=O) groups excluding carboxylic acids is 3. The van der Waals surface area contributed by atoms with E-state index in [1.807, 2.05) is 72.8 Å². The summed E-state index contributed by atoms with van der Waals surface area (Å²) in [5.41, 5.74) is 3.15. The number of nitrogens with zero attached hydrogens (tertiary/aromatic N) is 3. The number of hydrogen-bond donors (Lipinski definition) is 0. The molecule has 0 aliphatic heterocycles. The maximum absolute atomic E-state index is 14.1. The van der Waals surface area contributed by atoms with Crippen LogP contribution in [-0.4, -0.2) is 66.6 Å². The van der Waals surface area contributed by atoms with Crippen LogP contribution in [0, 0.1) is 21.0 Å². The Bertz CT molecular complexity index is 3780. The van der Waals surface area contributed by atoms with Gasteiger partial charge in [-0.25, -0.2) is 17.6 Å². The smallest absolute Gasteiger partial charge is 0.224 e. The number of para-hydroxylation sites is 3. The van der Waals surface area contributed by atoms with Gasteiger partial charge >= 0.3 is 0 Å². The number of halogens is 6. The first-order valence-electron chi connectivity index (χ1n) is 27.7. The normalized spacial score (nSPS) is 10.2. The van der Waals surface area contributed by atoms with E-state index in [9.17, 15) is 36.3 Å². The minimum Gasteiger partial charge on any atom is -0.497 e. The number of hydrogen-bond acceptors (Lipinski definition) is 11. The summed E-state index contributed by atoms with van der Waals surface area (Å²) in [7, 11) is 6.72. The first-order chi connectivity index (χ1) is 43.5. The van der Waals surface area contributed by atoms with Crippen molar-refractivity contribution in [2.45, 2.75) is 40.4 Å². The van der Waals surface area contributed by atoms with Crippen LogP contribution >= 0.6 is 22.6 Å². The molecule has 9 aromatic carbocycles. The Morgan fingerprint density at radius 1 is 0.378 bits per heavy atom. The minimum atomic E-state index is -0.652. The van der Waals surface area contributed by atoms with Gasteiger partial charge in [0.25, 0.3) is 0 Å². The Kier molecular flexibility index (Phi) is 27.1. The lowest BCUT2D eigenvalue weighted by Gasteiger charge is -2.25. The maximum Gasteiger partial charge on any atom is 0.224 e. The van der Waals surface area contributed by atoms with E-state index in [4.69, 9.17) is 37.9 Å². The summed E-state index contributed by atoms with van der Waals surface area (Å²) in [5, 5.41) is 0. The van der Waals surface area contributed by atoms with Crippen LogP contribution in [-0.2, 0) is 34.0 Å². The monoisotopic (exact) mass is 1340 g/mol. The third kappa shape index (κ3) is 20.1. The summed E-state index contributed by atoms with van der Waals surface area (Å²) in [6.07, 6.45) is 0. The molecule has 14 nitrogen and oxygen atoms in total. The summed E-state index contributed by atoms with van der Waals surface area (Å²) in [4.78, 5) is 41.8. The molecular formula is C70H67F5IN3O11. The molecule has 0 heterocycles. The molecule has 0 fully saturated rings. The van der Waals surface area contributed by atoms with Crippen LogP contribution in [0.5, 0.6) is 63.2 Å². The molecule has 0 radical (unpaired) electrons. The third-order valence-corrected chi connectivity index (χ3v) is 14.1. The molecule has 9 rings (SSSR count). The highest BCUT2D eigenvalue weighted by Crippen LogP contribution is 2.39. The van der Waals surface area contributed by atoms with Crippen molar-refractivity contribution < 1.29 is 74.2 Å². The Hall–Kier alpha value is -9.83. The van der Waals surface area contributed by atoms with Crippen molar-refractivity contribution >= 4 is 57.4 Å². The quantitative estimate of drug-likeness (QED) is 0.0474.